The minimum absolute atomic E-state index is 0.0422. The summed E-state index contributed by atoms with van der Waals surface area (Å²) in [5.74, 6) is 0.764. The fourth-order valence-corrected chi connectivity index (χ4v) is 2.36. The Bertz CT molecular complexity index is 196. The van der Waals surface area contributed by atoms with Crippen LogP contribution in [0.5, 0.6) is 0 Å². The third-order valence-corrected chi connectivity index (χ3v) is 3.30. The fourth-order valence-electron chi connectivity index (χ4n) is 2.36. The summed E-state index contributed by atoms with van der Waals surface area (Å²) in [7, 11) is 0. The number of esters is 1. The predicted octanol–water partition coefficient (Wildman–Crippen LogP) is 1.60. The van der Waals surface area contributed by atoms with Crippen LogP contribution in [0.1, 0.15) is 26.7 Å². The Morgan fingerprint density at radius 3 is 2.91 bits per heavy atom. The van der Waals surface area contributed by atoms with Gasteiger partial charge in [0.25, 0.3) is 0 Å². The number of rotatable bonds is 0. The SMILES string of the molecule is CC1(C)CCC2C(=O)OCC21. The highest BCUT2D eigenvalue weighted by molar-refractivity contribution is 5.75. The van der Waals surface area contributed by atoms with Gasteiger partial charge in [-0.2, -0.15) is 0 Å². The zero-order valence-electron chi connectivity index (χ0n) is 7.09. The maximum Gasteiger partial charge on any atom is 0.309 e. The Morgan fingerprint density at radius 2 is 2.27 bits per heavy atom. The third kappa shape index (κ3) is 0.883. The van der Waals surface area contributed by atoms with Crippen molar-refractivity contribution >= 4 is 5.97 Å². The van der Waals surface area contributed by atoms with Crippen molar-refractivity contribution in [1.82, 2.24) is 0 Å². The van der Waals surface area contributed by atoms with Crippen molar-refractivity contribution in [2.45, 2.75) is 26.7 Å². The van der Waals surface area contributed by atoms with Crippen molar-refractivity contribution in [3.8, 4) is 0 Å². The summed E-state index contributed by atoms with van der Waals surface area (Å²) >= 11 is 0. The van der Waals surface area contributed by atoms with Crippen LogP contribution in [0.2, 0.25) is 0 Å². The second-order valence-corrected chi connectivity index (χ2v) is 4.37. The molecule has 2 fully saturated rings. The van der Waals surface area contributed by atoms with E-state index in [-0.39, 0.29) is 11.9 Å². The molecule has 11 heavy (non-hydrogen) atoms. The molecular weight excluding hydrogens is 140 g/mol. The Kier molecular flexibility index (Phi) is 1.29. The summed E-state index contributed by atoms with van der Waals surface area (Å²) in [4.78, 5) is 11.1. The molecule has 1 saturated heterocycles. The molecule has 2 unspecified atom stereocenters. The molecule has 2 aliphatic rings. The summed E-state index contributed by atoms with van der Waals surface area (Å²) in [6.45, 7) is 5.13. The molecule has 0 bridgehead atoms. The minimum atomic E-state index is 0.0422. The van der Waals surface area contributed by atoms with Gasteiger partial charge >= 0.3 is 5.97 Å². The molecule has 2 rings (SSSR count). The summed E-state index contributed by atoms with van der Waals surface area (Å²) in [6.07, 6.45) is 2.22. The van der Waals surface area contributed by atoms with Gasteiger partial charge in [-0.15, -0.1) is 0 Å². The smallest absolute Gasteiger partial charge is 0.309 e. The van der Waals surface area contributed by atoms with Gasteiger partial charge in [-0.25, -0.2) is 0 Å². The standard InChI is InChI=1S/C9H14O2/c1-9(2)4-3-6-7(9)5-11-8(6)10/h6-7H,3-5H2,1-2H3. The molecular formula is C9H14O2. The molecule has 1 aliphatic carbocycles. The van der Waals surface area contributed by atoms with Crippen molar-refractivity contribution in [2.75, 3.05) is 6.61 Å². The van der Waals surface area contributed by atoms with E-state index in [9.17, 15) is 4.79 Å². The Morgan fingerprint density at radius 1 is 1.55 bits per heavy atom. The van der Waals surface area contributed by atoms with Crippen molar-refractivity contribution in [3.63, 3.8) is 0 Å². The summed E-state index contributed by atoms with van der Waals surface area (Å²) in [6, 6.07) is 0. The van der Waals surface area contributed by atoms with Crippen molar-refractivity contribution in [2.24, 2.45) is 17.3 Å². The Hall–Kier alpha value is -0.530. The van der Waals surface area contributed by atoms with Gasteiger partial charge in [0.05, 0.1) is 12.5 Å². The summed E-state index contributed by atoms with van der Waals surface area (Å²) < 4.78 is 5.02. The molecule has 2 atom stereocenters. The first-order valence-corrected chi connectivity index (χ1v) is 4.28. The lowest BCUT2D eigenvalue weighted by Crippen LogP contribution is -2.21. The zero-order chi connectivity index (χ0) is 8.06. The van der Waals surface area contributed by atoms with Gasteiger partial charge in [0.15, 0.2) is 0 Å². The lowest BCUT2D eigenvalue weighted by atomic mass is 9.80. The van der Waals surface area contributed by atoms with Crippen LogP contribution in [-0.2, 0) is 9.53 Å². The second kappa shape index (κ2) is 1.99. The van der Waals surface area contributed by atoms with Crippen LogP contribution in [0.3, 0.4) is 0 Å². The van der Waals surface area contributed by atoms with E-state index in [1.54, 1.807) is 0 Å². The first-order chi connectivity index (χ1) is 5.11. The molecule has 0 spiro atoms. The van der Waals surface area contributed by atoms with Gasteiger partial charge in [-0.05, 0) is 18.3 Å². The molecule has 0 aromatic heterocycles. The van der Waals surface area contributed by atoms with E-state index in [2.05, 4.69) is 13.8 Å². The summed E-state index contributed by atoms with van der Waals surface area (Å²) in [5, 5.41) is 0. The number of ether oxygens (including phenoxy) is 1. The maximum atomic E-state index is 11.1. The van der Waals surface area contributed by atoms with Crippen molar-refractivity contribution in [3.05, 3.63) is 0 Å². The normalized spacial score (nSPS) is 40.4. The predicted molar refractivity (Wildman–Crippen MR) is 41.0 cm³/mol. The molecule has 0 aromatic rings. The van der Waals surface area contributed by atoms with Crippen LogP contribution in [0.15, 0.2) is 0 Å². The van der Waals surface area contributed by atoms with E-state index in [4.69, 9.17) is 4.74 Å². The van der Waals surface area contributed by atoms with Crippen LogP contribution >= 0.6 is 0 Å². The van der Waals surface area contributed by atoms with Crippen LogP contribution in [0.4, 0.5) is 0 Å². The van der Waals surface area contributed by atoms with Crippen LogP contribution in [0.25, 0.3) is 0 Å². The first kappa shape index (κ1) is 7.14. The fraction of sp³-hybridized carbons (Fsp3) is 0.889. The van der Waals surface area contributed by atoms with Gasteiger partial charge in [0.1, 0.15) is 0 Å². The number of hydrogen-bond acceptors (Lipinski definition) is 2. The topological polar surface area (TPSA) is 26.3 Å². The number of carbonyl (C=O) groups is 1. The third-order valence-electron chi connectivity index (χ3n) is 3.30. The highest BCUT2D eigenvalue weighted by atomic mass is 16.5. The van der Waals surface area contributed by atoms with Crippen LogP contribution in [-0.4, -0.2) is 12.6 Å². The van der Waals surface area contributed by atoms with Crippen LogP contribution < -0.4 is 0 Å². The van der Waals surface area contributed by atoms with Crippen LogP contribution in [0, 0.1) is 17.3 Å². The lowest BCUT2D eigenvalue weighted by Gasteiger charge is -2.23. The van der Waals surface area contributed by atoms with E-state index in [1.165, 1.54) is 6.42 Å². The van der Waals surface area contributed by atoms with Crippen molar-refractivity contribution < 1.29 is 9.53 Å². The number of cyclic esters (lactones) is 1. The number of fused-ring (bicyclic) bond motifs is 1. The highest BCUT2D eigenvalue weighted by Gasteiger charge is 2.50. The molecule has 1 heterocycles. The van der Waals surface area contributed by atoms with E-state index in [1.807, 2.05) is 0 Å². The second-order valence-electron chi connectivity index (χ2n) is 4.37. The Labute approximate surface area is 66.9 Å². The molecule has 62 valence electrons. The van der Waals surface area contributed by atoms with Gasteiger partial charge in [0, 0.05) is 5.92 Å². The monoisotopic (exact) mass is 154 g/mol. The molecule has 1 aliphatic heterocycles. The largest absolute Gasteiger partial charge is 0.465 e. The summed E-state index contributed by atoms with van der Waals surface area (Å²) in [5.41, 5.74) is 0.330. The number of hydrogen-bond donors (Lipinski definition) is 0. The zero-order valence-corrected chi connectivity index (χ0v) is 7.09. The molecule has 0 aromatic carbocycles. The molecule has 0 radical (unpaired) electrons. The van der Waals surface area contributed by atoms with E-state index in [0.717, 1.165) is 6.42 Å². The number of carbonyl (C=O) groups excluding carboxylic acids is 1. The van der Waals surface area contributed by atoms with Gasteiger partial charge in [-0.1, -0.05) is 13.8 Å². The van der Waals surface area contributed by atoms with Crippen molar-refractivity contribution in [1.29, 1.82) is 0 Å². The highest BCUT2D eigenvalue weighted by Crippen LogP contribution is 2.49. The minimum Gasteiger partial charge on any atom is -0.465 e. The van der Waals surface area contributed by atoms with E-state index in [0.29, 0.717) is 17.9 Å². The average molecular weight is 154 g/mol. The van der Waals surface area contributed by atoms with Gasteiger partial charge < -0.3 is 4.74 Å². The molecule has 2 nitrogen and oxygen atoms in total. The quantitative estimate of drug-likeness (QED) is 0.495. The van der Waals surface area contributed by atoms with Gasteiger partial charge in [-0.3, -0.25) is 4.79 Å². The Balaban J connectivity index is 2.23. The lowest BCUT2D eigenvalue weighted by molar-refractivity contribution is -0.141. The molecule has 1 saturated carbocycles. The first-order valence-electron chi connectivity index (χ1n) is 4.28. The van der Waals surface area contributed by atoms with Gasteiger partial charge in [0.2, 0.25) is 0 Å². The molecule has 2 heteroatoms. The average Bonchev–Trinajstić information content (AvgIpc) is 2.39. The van der Waals surface area contributed by atoms with E-state index < -0.39 is 0 Å². The maximum absolute atomic E-state index is 11.1. The molecule has 0 amide bonds. The van der Waals surface area contributed by atoms with E-state index >= 15 is 0 Å². The molecule has 0 N–H and O–H groups in total.